The molecule has 0 saturated heterocycles. The van der Waals surface area contributed by atoms with Gasteiger partial charge in [0, 0.05) is 17.4 Å². The highest BCUT2D eigenvalue weighted by Gasteiger charge is 2.06. The van der Waals surface area contributed by atoms with Crippen molar-refractivity contribution in [2.24, 2.45) is 0 Å². The summed E-state index contributed by atoms with van der Waals surface area (Å²) >= 11 is 2.35. The van der Waals surface area contributed by atoms with Crippen molar-refractivity contribution in [1.82, 2.24) is 9.55 Å². The number of halogens is 1. The molecule has 82 valence electrons. The lowest BCUT2D eigenvalue weighted by Gasteiger charge is -1.96. The summed E-state index contributed by atoms with van der Waals surface area (Å²) in [6.07, 6.45) is 1.54. The molecule has 0 radical (unpaired) electrons. The zero-order chi connectivity index (χ0) is 11.5. The molecule has 1 heterocycles. The van der Waals surface area contributed by atoms with Gasteiger partial charge in [0.15, 0.2) is 0 Å². The first kappa shape index (κ1) is 11.9. The summed E-state index contributed by atoms with van der Waals surface area (Å²) in [6, 6.07) is 6.31. The van der Waals surface area contributed by atoms with Gasteiger partial charge in [-0.1, -0.05) is 18.8 Å². The fourth-order valence-corrected chi connectivity index (χ4v) is 3.18. The van der Waals surface area contributed by atoms with E-state index in [9.17, 15) is 0 Å². The van der Waals surface area contributed by atoms with Crippen molar-refractivity contribution in [1.29, 1.82) is 0 Å². The van der Waals surface area contributed by atoms with Crippen LogP contribution in [-0.4, -0.2) is 9.55 Å². The normalized spacial score (nSPS) is 10.9. The van der Waals surface area contributed by atoms with Gasteiger partial charge < -0.3 is 0 Å². The molecule has 1 unspecified atom stereocenters. The summed E-state index contributed by atoms with van der Waals surface area (Å²) in [6.45, 7) is 4.11. The lowest BCUT2D eigenvalue weighted by Crippen LogP contribution is -1.82. The van der Waals surface area contributed by atoms with Crippen LogP contribution >= 0.6 is 28.4 Å². The Labute approximate surface area is 110 Å². The Balaban J connectivity index is 2.58. The first-order valence-corrected chi connectivity index (χ1v) is 9.17. The summed E-state index contributed by atoms with van der Waals surface area (Å²) in [7, 11) is 0. The van der Waals surface area contributed by atoms with E-state index >= 15 is 0 Å². The molecular formula is C12H12IN2P. The first-order chi connectivity index (χ1) is 7.76. The van der Waals surface area contributed by atoms with Crippen LogP contribution in [0.15, 0.2) is 18.2 Å². The van der Waals surface area contributed by atoms with Crippen molar-refractivity contribution in [3.63, 3.8) is 0 Å². The zero-order valence-electron chi connectivity index (χ0n) is 9.21. The molecule has 1 aromatic carbocycles. The molecule has 4 heteroatoms. The van der Waals surface area contributed by atoms with Crippen LogP contribution in [0.2, 0.25) is 0 Å². The van der Waals surface area contributed by atoms with E-state index in [1.165, 1.54) is 10.9 Å². The third-order valence-electron chi connectivity index (χ3n) is 2.35. The summed E-state index contributed by atoms with van der Waals surface area (Å²) < 4.78 is 2.04. The maximum Gasteiger partial charge on any atom is 0.0733 e. The average molecular weight is 342 g/mol. The highest BCUT2D eigenvalue weighted by Crippen LogP contribution is 2.30. The minimum absolute atomic E-state index is 0.642. The molecule has 2 nitrogen and oxygen atoms in total. The standard InChI is InChI=1S/C12H12IN2P/c1-3-4-5-10-6-7-12-11(8-10)9(2)14-15(12)16-13/h6-8,16H,3H2,1-2H3. The van der Waals surface area contributed by atoms with Gasteiger partial charge in [-0.2, -0.15) is 5.10 Å². The van der Waals surface area contributed by atoms with E-state index in [0.29, 0.717) is 6.37 Å². The molecule has 1 aromatic heterocycles. The molecule has 0 spiro atoms. The maximum absolute atomic E-state index is 4.50. The smallest absolute Gasteiger partial charge is 0.0733 e. The third-order valence-corrected chi connectivity index (χ3v) is 4.23. The first-order valence-electron chi connectivity index (χ1n) is 5.11. The monoisotopic (exact) mass is 342 g/mol. The van der Waals surface area contributed by atoms with Crippen molar-refractivity contribution >= 4 is 39.3 Å². The highest BCUT2D eigenvalue weighted by atomic mass is 127. The van der Waals surface area contributed by atoms with Gasteiger partial charge in [-0.05, 0) is 47.2 Å². The predicted octanol–water partition coefficient (Wildman–Crippen LogP) is 3.90. The number of fused-ring (bicyclic) bond motifs is 1. The van der Waals surface area contributed by atoms with Crippen LogP contribution in [0.4, 0.5) is 0 Å². The summed E-state index contributed by atoms with van der Waals surface area (Å²) in [5.74, 6) is 6.25. The lowest BCUT2D eigenvalue weighted by atomic mass is 10.1. The van der Waals surface area contributed by atoms with Crippen LogP contribution in [0, 0.1) is 18.8 Å². The van der Waals surface area contributed by atoms with Gasteiger partial charge in [-0.15, -0.1) is 0 Å². The molecule has 0 amide bonds. The van der Waals surface area contributed by atoms with E-state index in [4.69, 9.17) is 0 Å². The van der Waals surface area contributed by atoms with E-state index in [0.717, 1.165) is 17.7 Å². The molecule has 1 atom stereocenters. The second-order valence-electron chi connectivity index (χ2n) is 3.47. The van der Waals surface area contributed by atoms with Crippen molar-refractivity contribution in [2.45, 2.75) is 20.3 Å². The third kappa shape index (κ3) is 2.23. The Morgan fingerprint density at radius 3 is 3.00 bits per heavy atom. The lowest BCUT2D eigenvalue weighted by molar-refractivity contribution is 1.00. The van der Waals surface area contributed by atoms with Crippen molar-refractivity contribution in [3.05, 3.63) is 29.5 Å². The molecule has 0 bridgehead atoms. The molecule has 0 aliphatic carbocycles. The van der Waals surface area contributed by atoms with Crippen LogP contribution in [0.25, 0.3) is 10.9 Å². The number of nitrogens with zero attached hydrogens (tertiary/aromatic N) is 2. The molecule has 2 rings (SSSR count). The molecule has 0 N–H and O–H groups in total. The van der Waals surface area contributed by atoms with Gasteiger partial charge in [0.1, 0.15) is 0 Å². The van der Waals surface area contributed by atoms with Gasteiger partial charge in [0.25, 0.3) is 0 Å². The zero-order valence-corrected chi connectivity index (χ0v) is 12.4. The average Bonchev–Trinajstić information content (AvgIpc) is 2.63. The van der Waals surface area contributed by atoms with E-state index in [1.807, 2.05) is 11.4 Å². The van der Waals surface area contributed by atoms with E-state index < -0.39 is 0 Å². The van der Waals surface area contributed by atoms with Gasteiger partial charge in [0.2, 0.25) is 0 Å². The van der Waals surface area contributed by atoms with Crippen LogP contribution in [-0.2, 0) is 0 Å². The molecule has 0 aliphatic rings. The van der Waals surface area contributed by atoms with Crippen LogP contribution in [0.1, 0.15) is 24.6 Å². The van der Waals surface area contributed by atoms with Crippen molar-refractivity contribution in [3.8, 4) is 11.8 Å². The number of aromatic nitrogens is 2. The van der Waals surface area contributed by atoms with Gasteiger partial charge in [0.05, 0.1) is 17.6 Å². The van der Waals surface area contributed by atoms with E-state index in [1.54, 1.807) is 0 Å². The Morgan fingerprint density at radius 1 is 1.50 bits per heavy atom. The Kier molecular flexibility index (Phi) is 3.83. The maximum atomic E-state index is 4.50. The van der Waals surface area contributed by atoms with Gasteiger partial charge in [-0.3, -0.25) is 0 Å². The van der Waals surface area contributed by atoms with Crippen molar-refractivity contribution in [2.75, 3.05) is 0 Å². The molecule has 0 saturated carbocycles. The second-order valence-corrected chi connectivity index (χ2v) is 5.51. The van der Waals surface area contributed by atoms with Gasteiger partial charge in [-0.25, -0.2) is 4.45 Å². The predicted molar refractivity (Wildman–Crippen MR) is 79.4 cm³/mol. The SMILES string of the molecule is CCC#Cc1ccc2c(c1)c(C)nn2PI. The van der Waals surface area contributed by atoms with Crippen LogP contribution < -0.4 is 0 Å². The minimum atomic E-state index is 0.642. The number of aryl methyl sites for hydroxylation is 1. The second kappa shape index (κ2) is 5.16. The summed E-state index contributed by atoms with van der Waals surface area (Å²) in [5.41, 5.74) is 3.36. The Hall–Kier alpha value is -0.590. The fraction of sp³-hybridized carbons (Fsp3) is 0.250. The molecule has 0 fully saturated rings. The topological polar surface area (TPSA) is 17.8 Å². The summed E-state index contributed by atoms with van der Waals surface area (Å²) in [4.78, 5) is 0. The quantitative estimate of drug-likeness (QED) is 0.437. The fourth-order valence-electron chi connectivity index (χ4n) is 1.60. The molecule has 0 aliphatic heterocycles. The Morgan fingerprint density at radius 2 is 2.31 bits per heavy atom. The Bertz CT molecular complexity index is 578. The minimum Gasteiger partial charge on any atom is -0.237 e. The molecule has 16 heavy (non-hydrogen) atoms. The largest absolute Gasteiger partial charge is 0.237 e. The van der Waals surface area contributed by atoms with E-state index in [-0.39, 0.29) is 0 Å². The number of hydrogen-bond acceptors (Lipinski definition) is 1. The molecule has 2 aromatic rings. The highest BCUT2D eigenvalue weighted by molar-refractivity contribution is 14.2. The number of benzene rings is 1. The summed E-state index contributed by atoms with van der Waals surface area (Å²) in [5, 5.41) is 5.72. The number of rotatable bonds is 1. The van der Waals surface area contributed by atoms with Crippen LogP contribution in [0.5, 0.6) is 0 Å². The van der Waals surface area contributed by atoms with Crippen molar-refractivity contribution < 1.29 is 0 Å². The van der Waals surface area contributed by atoms with Gasteiger partial charge >= 0.3 is 0 Å². The molecular weight excluding hydrogens is 330 g/mol. The van der Waals surface area contributed by atoms with E-state index in [2.05, 4.69) is 64.1 Å². The van der Waals surface area contributed by atoms with Crippen LogP contribution in [0.3, 0.4) is 0 Å². The number of hydrogen-bond donors (Lipinski definition) is 0.